The Balaban J connectivity index is 1.72. The van der Waals surface area contributed by atoms with Crippen molar-refractivity contribution < 1.29 is 23.5 Å². The van der Waals surface area contributed by atoms with Gasteiger partial charge in [-0.25, -0.2) is 0 Å². The molecule has 2 heterocycles. The molecule has 7 nitrogen and oxygen atoms in total. The molecule has 1 aliphatic rings. The zero-order valence-electron chi connectivity index (χ0n) is 17.9. The molecule has 1 atom stereocenters. The number of hydrogen-bond acceptors (Lipinski definition) is 5. The van der Waals surface area contributed by atoms with Gasteiger partial charge in [0.2, 0.25) is 5.91 Å². The van der Waals surface area contributed by atoms with Gasteiger partial charge in [0, 0.05) is 24.8 Å². The second kappa shape index (κ2) is 10.3. The Morgan fingerprint density at radius 1 is 1.20 bits per heavy atom. The summed E-state index contributed by atoms with van der Waals surface area (Å²) in [6.07, 6.45) is 3.55. The Hall–Kier alpha value is -2.80. The van der Waals surface area contributed by atoms with Gasteiger partial charge in [-0.2, -0.15) is 0 Å². The summed E-state index contributed by atoms with van der Waals surface area (Å²) in [6, 6.07) is 10.4. The molecule has 2 amide bonds. The second-order valence-corrected chi connectivity index (χ2v) is 7.74. The Kier molecular flexibility index (Phi) is 7.52. The normalized spacial score (nSPS) is 15.9. The summed E-state index contributed by atoms with van der Waals surface area (Å²) in [6.45, 7) is 5.38. The molecule has 0 aliphatic carbocycles. The zero-order chi connectivity index (χ0) is 21.5. The van der Waals surface area contributed by atoms with Gasteiger partial charge in [0.1, 0.15) is 18.1 Å². The highest BCUT2D eigenvalue weighted by molar-refractivity contribution is 5.96. The van der Waals surface area contributed by atoms with Crippen molar-refractivity contribution >= 4 is 11.8 Å². The largest absolute Gasteiger partial charge is 0.497 e. The van der Waals surface area contributed by atoms with Crippen LogP contribution in [0, 0.1) is 0 Å². The first-order valence-electron chi connectivity index (χ1n) is 10.3. The van der Waals surface area contributed by atoms with Crippen LogP contribution in [0.4, 0.5) is 0 Å². The van der Waals surface area contributed by atoms with E-state index in [-0.39, 0.29) is 30.5 Å². The van der Waals surface area contributed by atoms with Gasteiger partial charge >= 0.3 is 0 Å². The van der Waals surface area contributed by atoms with Gasteiger partial charge in [0.05, 0.1) is 26.0 Å². The van der Waals surface area contributed by atoms with Crippen LogP contribution in [0.5, 0.6) is 5.75 Å². The lowest BCUT2D eigenvalue weighted by atomic mass is 10.1. The predicted molar refractivity (Wildman–Crippen MR) is 112 cm³/mol. The monoisotopic (exact) mass is 414 g/mol. The molecule has 1 aliphatic heterocycles. The summed E-state index contributed by atoms with van der Waals surface area (Å²) in [5.74, 6) is 1.08. The number of amides is 2. The van der Waals surface area contributed by atoms with Gasteiger partial charge in [0.25, 0.3) is 5.91 Å². The summed E-state index contributed by atoms with van der Waals surface area (Å²) in [5, 5.41) is 0. The predicted octanol–water partition coefficient (Wildman–Crippen LogP) is 3.35. The standard InChI is InChI=1S/C23H30N2O5/c1-17(2)25(23(27)18-8-10-19(28-3)11-9-18)16-22(26)24(14-20-6-4-12-29-20)15-21-7-5-13-30-21/h4,6,8-12,17,21H,5,7,13-16H2,1-3H3/t21-/m1/s1. The lowest BCUT2D eigenvalue weighted by Gasteiger charge is -2.31. The molecule has 0 spiro atoms. The summed E-state index contributed by atoms with van der Waals surface area (Å²) < 4.78 is 16.3. The highest BCUT2D eigenvalue weighted by Crippen LogP contribution is 2.18. The maximum atomic E-state index is 13.2. The van der Waals surface area contributed by atoms with Crippen molar-refractivity contribution in [2.45, 2.75) is 45.4 Å². The third-order valence-corrected chi connectivity index (χ3v) is 5.25. The fraction of sp³-hybridized carbons (Fsp3) is 0.478. The number of methoxy groups -OCH3 is 1. The molecule has 1 saturated heterocycles. The molecule has 1 aromatic heterocycles. The van der Waals surface area contributed by atoms with Gasteiger partial charge in [0.15, 0.2) is 0 Å². The minimum absolute atomic E-state index is 0.00401. The van der Waals surface area contributed by atoms with Crippen LogP contribution in [0.25, 0.3) is 0 Å². The van der Waals surface area contributed by atoms with Crippen molar-refractivity contribution in [1.29, 1.82) is 0 Å². The molecule has 0 unspecified atom stereocenters. The zero-order valence-corrected chi connectivity index (χ0v) is 17.9. The number of ether oxygens (including phenoxy) is 2. The minimum Gasteiger partial charge on any atom is -0.497 e. The number of nitrogens with zero attached hydrogens (tertiary/aromatic N) is 2. The molecular weight excluding hydrogens is 384 g/mol. The summed E-state index contributed by atoms with van der Waals surface area (Å²) >= 11 is 0. The van der Waals surface area contributed by atoms with Crippen LogP contribution in [-0.2, 0) is 16.1 Å². The molecular formula is C23H30N2O5. The molecule has 0 bridgehead atoms. The van der Waals surface area contributed by atoms with Gasteiger partial charge in [-0.3, -0.25) is 9.59 Å². The van der Waals surface area contributed by atoms with E-state index in [1.807, 2.05) is 19.9 Å². The number of rotatable bonds is 9. The lowest BCUT2D eigenvalue weighted by Crippen LogP contribution is -2.47. The number of benzene rings is 1. The molecule has 1 aromatic carbocycles. The van der Waals surface area contributed by atoms with Crippen molar-refractivity contribution in [3.63, 3.8) is 0 Å². The highest BCUT2D eigenvalue weighted by Gasteiger charge is 2.28. The third-order valence-electron chi connectivity index (χ3n) is 5.25. The topological polar surface area (TPSA) is 72.2 Å². The van der Waals surface area contributed by atoms with E-state index < -0.39 is 0 Å². The number of carbonyl (C=O) groups is 2. The first kappa shape index (κ1) is 21.9. The van der Waals surface area contributed by atoms with Gasteiger partial charge in [-0.15, -0.1) is 0 Å². The van der Waals surface area contributed by atoms with E-state index in [0.717, 1.165) is 19.4 Å². The van der Waals surface area contributed by atoms with Crippen molar-refractivity contribution in [2.24, 2.45) is 0 Å². The number of furan rings is 1. The molecule has 2 aromatic rings. The maximum absolute atomic E-state index is 13.2. The van der Waals surface area contributed by atoms with Crippen LogP contribution in [0.3, 0.4) is 0 Å². The van der Waals surface area contributed by atoms with E-state index in [4.69, 9.17) is 13.9 Å². The first-order valence-corrected chi connectivity index (χ1v) is 10.3. The van der Waals surface area contributed by atoms with Gasteiger partial charge in [-0.1, -0.05) is 0 Å². The molecule has 0 radical (unpaired) electrons. The first-order chi connectivity index (χ1) is 14.5. The summed E-state index contributed by atoms with van der Waals surface area (Å²) in [7, 11) is 1.58. The molecule has 162 valence electrons. The quantitative estimate of drug-likeness (QED) is 0.629. The van der Waals surface area contributed by atoms with E-state index >= 15 is 0 Å². The molecule has 30 heavy (non-hydrogen) atoms. The van der Waals surface area contributed by atoms with Crippen LogP contribution in [0.2, 0.25) is 0 Å². The Morgan fingerprint density at radius 2 is 1.97 bits per heavy atom. The Bertz CT molecular complexity index is 811. The van der Waals surface area contributed by atoms with Crippen molar-refractivity contribution in [3.8, 4) is 5.75 Å². The average Bonchev–Trinajstić information content (AvgIpc) is 3.45. The van der Waals surface area contributed by atoms with E-state index in [0.29, 0.717) is 30.2 Å². The second-order valence-electron chi connectivity index (χ2n) is 7.74. The van der Waals surface area contributed by atoms with Gasteiger partial charge < -0.3 is 23.7 Å². The molecule has 7 heteroatoms. The van der Waals surface area contributed by atoms with Crippen LogP contribution in [0.15, 0.2) is 47.1 Å². The van der Waals surface area contributed by atoms with Crippen LogP contribution < -0.4 is 4.74 Å². The Labute approximate surface area is 177 Å². The van der Waals surface area contributed by atoms with E-state index in [2.05, 4.69) is 0 Å². The van der Waals surface area contributed by atoms with Crippen molar-refractivity contribution in [2.75, 3.05) is 26.8 Å². The molecule has 1 fully saturated rings. The highest BCUT2D eigenvalue weighted by atomic mass is 16.5. The molecule has 3 rings (SSSR count). The average molecular weight is 415 g/mol. The van der Waals surface area contributed by atoms with Crippen molar-refractivity contribution in [3.05, 3.63) is 54.0 Å². The molecule has 0 N–H and O–H groups in total. The van der Waals surface area contributed by atoms with E-state index in [1.165, 1.54) is 0 Å². The maximum Gasteiger partial charge on any atom is 0.254 e. The van der Waals surface area contributed by atoms with E-state index in [9.17, 15) is 9.59 Å². The minimum atomic E-state index is -0.184. The van der Waals surface area contributed by atoms with Crippen LogP contribution in [0.1, 0.15) is 42.8 Å². The lowest BCUT2D eigenvalue weighted by molar-refractivity contribution is -0.134. The summed E-state index contributed by atoms with van der Waals surface area (Å²) in [4.78, 5) is 29.6. The third kappa shape index (κ3) is 5.63. The van der Waals surface area contributed by atoms with Crippen LogP contribution in [-0.4, -0.2) is 60.6 Å². The fourth-order valence-corrected chi connectivity index (χ4v) is 3.51. The Morgan fingerprint density at radius 3 is 2.53 bits per heavy atom. The fourth-order valence-electron chi connectivity index (χ4n) is 3.51. The smallest absolute Gasteiger partial charge is 0.254 e. The molecule has 0 saturated carbocycles. The van der Waals surface area contributed by atoms with Gasteiger partial charge in [-0.05, 0) is 63.1 Å². The van der Waals surface area contributed by atoms with Crippen LogP contribution >= 0.6 is 0 Å². The number of hydrogen-bond donors (Lipinski definition) is 0. The van der Waals surface area contributed by atoms with Crippen molar-refractivity contribution in [1.82, 2.24) is 9.80 Å². The SMILES string of the molecule is COc1ccc(C(=O)N(CC(=O)N(Cc2ccco2)C[C@H]2CCCO2)C(C)C)cc1. The number of carbonyl (C=O) groups excluding carboxylic acids is 2. The summed E-state index contributed by atoms with van der Waals surface area (Å²) in [5.41, 5.74) is 0.522. The van der Waals surface area contributed by atoms with E-state index in [1.54, 1.807) is 53.5 Å².